The smallest absolute Gasteiger partial charge is 0.367 e. The van der Waals surface area contributed by atoms with Gasteiger partial charge in [-0.25, -0.2) is 0 Å². The van der Waals surface area contributed by atoms with Crippen LogP contribution in [-0.4, -0.2) is 31.7 Å². The van der Waals surface area contributed by atoms with Crippen LogP contribution in [0.2, 0.25) is 0 Å². The van der Waals surface area contributed by atoms with E-state index in [9.17, 15) is 13.5 Å². The lowest BCUT2D eigenvalue weighted by Crippen LogP contribution is -2.65. The van der Waals surface area contributed by atoms with Crippen molar-refractivity contribution < 1.29 is 26.6 Å². The summed E-state index contributed by atoms with van der Waals surface area (Å²) < 4.78 is 36.7. The highest BCUT2D eigenvalue weighted by Gasteiger charge is 2.64. The van der Waals surface area contributed by atoms with E-state index in [1.165, 1.54) is 44.9 Å². The van der Waals surface area contributed by atoms with Crippen LogP contribution < -0.4 is 0 Å². The monoisotopic (exact) mass is 366 g/mol. The Morgan fingerprint density at radius 2 is 1.38 bits per heavy atom. The highest BCUT2D eigenvalue weighted by Crippen LogP contribution is 2.42. The Labute approximate surface area is 147 Å². The molecule has 1 fully saturated rings. The molecule has 1 aliphatic heterocycles. The molecule has 1 heterocycles. The molecule has 1 unspecified atom stereocenters. The molecule has 0 bridgehead atoms. The number of unbranched alkanes of at least 4 members (excludes halogenated alkanes) is 9. The molecule has 0 aromatic heterocycles. The second-order valence-corrected chi connectivity index (χ2v) is 7.90. The van der Waals surface area contributed by atoms with Crippen LogP contribution in [0.3, 0.4) is 0 Å². The molecule has 7 heteroatoms. The van der Waals surface area contributed by atoms with Gasteiger partial charge in [0, 0.05) is 6.61 Å². The zero-order chi connectivity index (χ0) is 18.1. The van der Waals surface area contributed by atoms with Crippen molar-refractivity contribution in [3.8, 4) is 0 Å². The molecule has 144 valence electrons. The van der Waals surface area contributed by atoms with Gasteiger partial charge in [0.1, 0.15) is 5.60 Å². The fourth-order valence-electron chi connectivity index (χ4n) is 3.05. The highest BCUT2D eigenvalue weighted by atomic mass is 32.3. The van der Waals surface area contributed by atoms with Gasteiger partial charge in [0.05, 0.1) is 0 Å². The molecule has 0 saturated carbocycles. The van der Waals surface area contributed by atoms with Crippen LogP contribution in [-0.2, 0) is 23.5 Å². The molecule has 1 rings (SSSR count). The predicted octanol–water partition coefficient (Wildman–Crippen LogP) is 4.03. The first-order valence-electron chi connectivity index (χ1n) is 9.31. The molecule has 0 aromatic rings. The number of hydrogen-bond donors (Lipinski definition) is 1. The Kier molecular flexibility index (Phi) is 9.16. The van der Waals surface area contributed by atoms with E-state index in [0.717, 1.165) is 19.3 Å². The summed E-state index contributed by atoms with van der Waals surface area (Å²) in [6, 6.07) is 0. The van der Waals surface area contributed by atoms with Crippen molar-refractivity contribution in [1.29, 1.82) is 0 Å². The van der Waals surface area contributed by atoms with E-state index in [1.54, 1.807) is 13.8 Å². The van der Waals surface area contributed by atoms with E-state index in [4.69, 9.17) is 4.74 Å². The standard InChI is InChI=1S/C17H34O6S/c1-4-6-7-8-9-10-11-12-13-14-15-16(3,21-5-2)17(18)22-24(19,20)23-17/h18H,4-15H2,1-3H3. The molecular weight excluding hydrogens is 332 g/mol. The van der Waals surface area contributed by atoms with Crippen LogP contribution in [0, 0.1) is 0 Å². The van der Waals surface area contributed by atoms with Crippen LogP contribution in [0.15, 0.2) is 0 Å². The van der Waals surface area contributed by atoms with Crippen LogP contribution in [0.25, 0.3) is 0 Å². The Morgan fingerprint density at radius 1 is 0.917 bits per heavy atom. The molecule has 0 spiro atoms. The van der Waals surface area contributed by atoms with Gasteiger partial charge >= 0.3 is 16.4 Å². The van der Waals surface area contributed by atoms with E-state index in [0.29, 0.717) is 13.0 Å². The molecule has 0 radical (unpaired) electrons. The fraction of sp³-hybridized carbons (Fsp3) is 1.00. The summed E-state index contributed by atoms with van der Waals surface area (Å²) in [5.74, 6) is -2.21. The number of aliphatic hydroxyl groups is 1. The average molecular weight is 367 g/mol. The minimum Gasteiger partial charge on any atom is -0.367 e. The van der Waals surface area contributed by atoms with Crippen molar-refractivity contribution in [2.45, 2.75) is 103 Å². The van der Waals surface area contributed by atoms with E-state index < -0.39 is 22.0 Å². The maximum atomic E-state index is 11.0. The van der Waals surface area contributed by atoms with Gasteiger partial charge in [-0.3, -0.25) is 0 Å². The van der Waals surface area contributed by atoms with Crippen molar-refractivity contribution in [2.24, 2.45) is 0 Å². The van der Waals surface area contributed by atoms with Gasteiger partial charge in [0.2, 0.25) is 0 Å². The maximum Gasteiger partial charge on any atom is 0.409 e. The summed E-state index contributed by atoms with van der Waals surface area (Å²) in [5.41, 5.74) is -1.19. The van der Waals surface area contributed by atoms with Gasteiger partial charge in [0.15, 0.2) is 0 Å². The summed E-state index contributed by atoms with van der Waals surface area (Å²) >= 11 is 0. The van der Waals surface area contributed by atoms with Gasteiger partial charge in [-0.05, 0) is 20.3 Å². The zero-order valence-corrected chi connectivity index (χ0v) is 16.2. The van der Waals surface area contributed by atoms with Crippen LogP contribution in [0.1, 0.15) is 91.4 Å². The lowest BCUT2D eigenvalue weighted by atomic mass is 9.94. The molecule has 1 N–H and O–H groups in total. The SMILES string of the molecule is CCCCCCCCCCCCC(C)(OCC)C1(O)OS(=O)(=O)O1. The van der Waals surface area contributed by atoms with Gasteiger partial charge in [-0.2, -0.15) is 16.8 Å². The molecule has 1 aliphatic rings. The van der Waals surface area contributed by atoms with Crippen molar-refractivity contribution >= 4 is 10.4 Å². The minimum absolute atomic E-state index is 0.337. The molecule has 24 heavy (non-hydrogen) atoms. The molecule has 6 nitrogen and oxygen atoms in total. The Balaban J connectivity index is 2.21. The molecule has 1 atom stereocenters. The second kappa shape index (κ2) is 10.1. The minimum atomic E-state index is -4.07. The van der Waals surface area contributed by atoms with E-state index >= 15 is 0 Å². The average Bonchev–Trinajstić information content (AvgIpc) is 2.47. The van der Waals surface area contributed by atoms with Gasteiger partial charge < -0.3 is 9.84 Å². The molecule has 1 saturated heterocycles. The van der Waals surface area contributed by atoms with Crippen molar-refractivity contribution in [1.82, 2.24) is 0 Å². The van der Waals surface area contributed by atoms with Crippen LogP contribution in [0.4, 0.5) is 0 Å². The van der Waals surface area contributed by atoms with E-state index in [-0.39, 0.29) is 0 Å². The van der Waals surface area contributed by atoms with E-state index in [1.807, 2.05) is 0 Å². The van der Waals surface area contributed by atoms with E-state index in [2.05, 4.69) is 15.3 Å². The quantitative estimate of drug-likeness (QED) is 0.467. The number of ether oxygens (including phenoxy) is 1. The summed E-state index contributed by atoms with van der Waals surface area (Å²) in [6.45, 7) is 5.97. The summed E-state index contributed by atoms with van der Waals surface area (Å²) in [7, 11) is -4.07. The van der Waals surface area contributed by atoms with Gasteiger partial charge in [-0.1, -0.05) is 71.1 Å². The second-order valence-electron chi connectivity index (χ2n) is 6.75. The normalized spacial score (nSPS) is 21.2. The Bertz CT molecular complexity index is 438. The largest absolute Gasteiger partial charge is 0.409 e. The third-order valence-electron chi connectivity index (χ3n) is 4.57. The van der Waals surface area contributed by atoms with Crippen LogP contribution >= 0.6 is 0 Å². The van der Waals surface area contributed by atoms with Crippen LogP contribution in [0.5, 0.6) is 0 Å². The predicted molar refractivity (Wildman–Crippen MR) is 92.5 cm³/mol. The first kappa shape index (κ1) is 21.8. The third kappa shape index (κ3) is 6.59. The molecule has 0 amide bonds. The van der Waals surface area contributed by atoms with Crippen molar-refractivity contribution in [3.05, 3.63) is 0 Å². The highest BCUT2D eigenvalue weighted by molar-refractivity contribution is 7.82. The maximum absolute atomic E-state index is 11.0. The zero-order valence-electron chi connectivity index (χ0n) is 15.4. The third-order valence-corrected chi connectivity index (χ3v) is 5.43. The Hall–Kier alpha value is -0.210. The topological polar surface area (TPSA) is 82.1 Å². The first-order chi connectivity index (χ1) is 11.3. The summed E-state index contributed by atoms with van der Waals surface area (Å²) in [4.78, 5) is 0. The lowest BCUT2D eigenvalue weighted by Gasteiger charge is -2.46. The van der Waals surface area contributed by atoms with Gasteiger partial charge in [-0.15, -0.1) is 0 Å². The Morgan fingerprint density at radius 3 is 1.79 bits per heavy atom. The molecule has 0 aromatic carbocycles. The fourth-order valence-corrected chi connectivity index (χ4v) is 3.97. The number of hydrogen-bond acceptors (Lipinski definition) is 6. The van der Waals surface area contributed by atoms with Gasteiger partial charge in [0.25, 0.3) is 0 Å². The van der Waals surface area contributed by atoms with Crippen molar-refractivity contribution in [2.75, 3.05) is 6.61 Å². The lowest BCUT2D eigenvalue weighted by molar-refractivity contribution is -0.404. The van der Waals surface area contributed by atoms with Crippen molar-refractivity contribution in [3.63, 3.8) is 0 Å². The molecular formula is C17H34O6S. The molecule has 0 aliphatic carbocycles. The summed E-state index contributed by atoms with van der Waals surface area (Å²) in [6.07, 6.45) is 12.5. The number of rotatable bonds is 14. The first-order valence-corrected chi connectivity index (χ1v) is 10.6. The summed E-state index contributed by atoms with van der Waals surface area (Å²) in [5, 5.41) is 10.2.